The summed E-state index contributed by atoms with van der Waals surface area (Å²) in [4.78, 5) is 14.9. The van der Waals surface area contributed by atoms with Gasteiger partial charge in [-0.05, 0) is 25.7 Å². The molecule has 0 aliphatic carbocycles. The van der Waals surface area contributed by atoms with Gasteiger partial charge in [0.25, 0.3) is 0 Å². The van der Waals surface area contributed by atoms with Gasteiger partial charge in [-0.25, -0.2) is 0 Å². The summed E-state index contributed by atoms with van der Waals surface area (Å²) in [6.07, 6.45) is 9.15. The lowest BCUT2D eigenvalue weighted by Gasteiger charge is -2.07. The molecular weight excluding hydrogens is 218 g/mol. The molecule has 1 aliphatic heterocycles. The minimum Gasteiger partial charge on any atom is -0.480 e. The second kappa shape index (κ2) is 7.06. The fraction of sp³-hybridized carbons (Fsp3) is 0.667. The van der Waals surface area contributed by atoms with Crippen molar-refractivity contribution in [3.8, 4) is 0 Å². The minimum absolute atomic E-state index is 0.245. The van der Waals surface area contributed by atoms with Crippen LogP contribution in [0.15, 0.2) is 17.1 Å². The van der Waals surface area contributed by atoms with Crippen LogP contribution in [-0.4, -0.2) is 29.0 Å². The maximum absolute atomic E-state index is 10.5. The third kappa shape index (κ3) is 5.49. The number of nitrogens with zero attached hydrogens (tertiary/aromatic N) is 1. The highest BCUT2D eigenvalue weighted by molar-refractivity contribution is 5.80. The number of aliphatic imine (C=N–C) groups is 1. The lowest BCUT2D eigenvalue weighted by Crippen LogP contribution is -2.29. The second-order valence-electron chi connectivity index (χ2n) is 4.41. The monoisotopic (exact) mass is 239 g/mol. The van der Waals surface area contributed by atoms with Gasteiger partial charge in [0.15, 0.2) is 0 Å². The largest absolute Gasteiger partial charge is 0.480 e. The lowest BCUT2D eigenvalue weighted by atomic mass is 10.1. The van der Waals surface area contributed by atoms with Gasteiger partial charge in [-0.2, -0.15) is 0 Å². The number of nitrogens with two attached hydrogens (primary N) is 2. The van der Waals surface area contributed by atoms with E-state index in [1.54, 1.807) is 0 Å². The normalized spacial score (nSPS) is 23.1. The van der Waals surface area contributed by atoms with Crippen LogP contribution in [0.3, 0.4) is 0 Å². The summed E-state index contributed by atoms with van der Waals surface area (Å²) in [5, 5.41) is 8.60. The maximum atomic E-state index is 10.5. The Kier molecular flexibility index (Phi) is 5.69. The molecule has 1 rings (SSSR count). The smallest absolute Gasteiger partial charge is 0.320 e. The first-order valence-corrected chi connectivity index (χ1v) is 6.05. The first kappa shape index (κ1) is 13.7. The Balaban J connectivity index is 2.31. The molecule has 0 unspecified atom stereocenters. The highest BCUT2D eigenvalue weighted by Gasteiger charge is 2.11. The Hall–Kier alpha value is -1.36. The standard InChI is InChI=1S/C12H21N3O2/c13-10(12(16)17)7-3-1-5-9-6-2-4-8-11(14)15-9/h1,3,9-10H,2,4-8,13H2,(H2,14,15)(H,16,17)/t9-,10+/m0/s1. The van der Waals surface area contributed by atoms with Crippen LogP contribution in [0.1, 0.15) is 38.5 Å². The number of aliphatic carboxylic acids is 1. The summed E-state index contributed by atoms with van der Waals surface area (Å²) < 4.78 is 0. The van der Waals surface area contributed by atoms with Crippen molar-refractivity contribution in [2.45, 2.75) is 50.6 Å². The van der Waals surface area contributed by atoms with Crippen LogP contribution in [0.4, 0.5) is 0 Å². The molecule has 0 spiro atoms. The highest BCUT2D eigenvalue weighted by Crippen LogP contribution is 2.15. The zero-order valence-corrected chi connectivity index (χ0v) is 10.0. The van der Waals surface area contributed by atoms with E-state index in [0.29, 0.717) is 6.42 Å². The molecule has 5 heteroatoms. The molecule has 0 bridgehead atoms. The molecule has 5 N–H and O–H groups in total. The van der Waals surface area contributed by atoms with E-state index in [2.05, 4.69) is 4.99 Å². The van der Waals surface area contributed by atoms with Gasteiger partial charge in [-0.3, -0.25) is 9.79 Å². The predicted octanol–water partition coefficient (Wildman–Crippen LogP) is 1.03. The number of hydrogen-bond acceptors (Lipinski definition) is 4. The van der Waals surface area contributed by atoms with E-state index in [1.807, 2.05) is 12.2 Å². The molecule has 0 fully saturated rings. The van der Waals surface area contributed by atoms with Crippen LogP contribution < -0.4 is 11.5 Å². The average molecular weight is 239 g/mol. The van der Waals surface area contributed by atoms with Crippen LogP contribution in [0.25, 0.3) is 0 Å². The number of amidine groups is 1. The highest BCUT2D eigenvalue weighted by atomic mass is 16.4. The maximum Gasteiger partial charge on any atom is 0.320 e. The molecule has 0 saturated heterocycles. The van der Waals surface area contributed by atoms with Crippen LogP contribution in [0.5, 0.6) is 0 Å². The average Bonchev–Trinajstić information content (AvgIpc) is 2.48. The number of hydrogen-bond donors (Lipinski definition) is 3. The van der Waals surface area contributed by atoms with Crippen LogP contribution in [0.2, 0.25) is 0 Å². The van der Waals surface area contributed by atoms with Gasteiger partial charge in [0.1, 0.15) is 6.04 Å². The van der Waals surface area contributed by atoms with Gasteiger partial charge in [0.2, 0.25) is 0 Å². The third-order valence-electron chi connectivity index (χ3n) is 2.85. The number of carboxylic acids is 1. The Morgan fingerprint density at radius 3 is 3.00 bits per heavy atom. The van der Waals surface area contributed by atoms with Gasteiger partial charge >= 0.3 is 5.97 Å². The Morgan fingerprint density at radius 2 is 2.29 bits per heavy atom. The Bertz CT molecular complexity index is 313. The quantitative estimate of drug-likeness (QED) is 0.624. The van der Waals surface area contributed by atoms with Crippen molar-refractivity contribution in [2.24, 2.45) is 16.5 Å². The fourth-order valence-corrected chi connectivity index (χ4v) is 1.82. The van der Waals surface area contributed by atoms with Gasteiger partial charge in [-0.15, -0.1) is 0 Å². The van der Waals surface area contributed by atoms with Crippen molar-refractivity contribution in [3.05, 3.63) is 12.2 Å². The third-order valence-corrected chi connectivity index (χ3v) is 2.85. The van der Waals surface area contributed by atoms with Crippen LogP contribution in [0, 0.1) is 0 Å². The second-order valence-corrected chi connectivity index (χ2v) is 4.41. The predicted molar refractivity (Wildman–Crippen MR) is 67.9 cm³/mol. The van der Waals surface area contributed by atoms with Gasteiger partial charge in [0, 0.05) is 6.42 Å². The first-order valence-electron chi connectivity index (χ1n) is 6.05. The first-order chi connectivity index (χ1) is 8.09. The summed E-state index contributed by atoms with van der Waals surface area (Å²) in [5.74, 6) is -0.227. The van der Waals surface area contributed by atoms with E-state index in [4.69, 9.17) is 16.6 Å². The van der Waals surface area contributed by atoms with Gasteiger partial charge < -0.3 is 16.6 Å². The van der Waals surface area contributed by atoms with Crippen molar-refractivity contribution in [1.82, 2.24) is 0 Å². The molecule has 2 atom stereocenters. The summed E-state index contributed by atoms with van der Waals surface area (Å²) in [7, 11) is 0. The zero-order chi connectivity index (χ0) is 12.7. The topological polar surface area (TPSA) is 102 Å². The van der Waals surface area contributed by atoms with Gasteiger partial charge in [-0.1, -0.05) is 18.6 Å². The minimum atomic E-state index is -0.966. The van der Waals surface area contributed by atoms with E-state index >= 15 is 0 Å². The Morgan fingerprint density at radius 1 is 1.53 bits per heavy atom. The molecule has 0 aromatic carbocycles. The lowest BCUT2D eigenvalue weighted by molar-refractivity contribution is -0.138. The molecule has 17 heavy (non-hydrogen) atoms. The van der Waals surface area contributed by atoms with E-state index in [-0.39, 0.29) is 6.04 Å². The summed E-state index contributed by atoms with van der Waals surface area (Å²) in [6, 6.07) is -0.566. The van der Waals surface area contributed by atoms with Crippen molar-refractivity contribution < 1.29 is 9.90 Å². The molecule has 0 saturated carbocycles. The molecule has 1 heterocycles. The fourth-order valence-electron chi connectivity index (χ4n) is 1.82. The molecule has 0 aromatic heterocycles. The van der Waals surface area contributed by atoms with Crippen molar-refractivity contribution in [3.63, 3.8) is 0 Å². The van der Waals surface area contributed by atoms with Crippen LogP contribution in [-0.2, 0) is 4.79 Å². The van der Waals surface area contributed by atoms with Crippen molar-refractivity contribution in [2.75, 3.05) is 0 Å². The zero-order valence-electron chi connectivity index (χ0n) is 10.0. The summed E-state index contributed by atoms with van der Waals surface area (Å²) >= 11 is 0. The van der Waals surface area contributed by atoms with Crippen LogP contribution >= 0.6 is 0 Å². The molecule has 0 aromatic rings. The Labute approximate surface area is 102 Å². The summed E-state index contributed by atoms with van der Waals surface area (Å²) in [5.41, 5.74) is 11.1. The van der Waals surface area contributed by atoms with E-state index in [1.165, 1.54) is 0 Å². The van der Waals surface area contributed by atoms with Crippen molar-refractivity contribution in [1.29, 1.82) is 0 Å². The summed E-state index contributed by atoms with van der Waals surface area (Å²) in [6.45, 7) is 0. The molecule has 0 radical (unpaired) electrons. The van der Waals surface area contributed by atoms with E-state index < -0.39 is 12.0 Å². The SMILES string of the molecule is NC1=N[C@@H](CC=CC[C@@H](N)C(=O)O)CCCC1. The molecule has 0 amide bonds. The van der Waals surface area contributed by atoms with Crippen molar-refractivity contribution >= 4 is 11.8 Å². The molecule has 1 aliphatic rings. The van der Waals surface area contributed by atoms with E-state index in [0.717, 1.165) is 37.9 Å². The molecular formula is C12H21N3O2. The number of carbonyl (C=O) groups is 1. The van der Waals surface area contributed by atoms with Gasteiger partial charge in [0.05, 0.1) is 11.9 Å². The molecule has 96 valence electrons. The number of rotatable bonds is 5. The van der Waals surface area contributed by atoms with E-state index in [9.17, 15) is 4.79 Å². The molecule has 5 nitrogen and oxygen atoms in total. The number of carboxylic acid groups (broad SMARTS) is 1.